The Labute approximate surface area is 163 Å². The Bertz CT molecular complexity index is 626. The first-order valence-electron chi connectivity index (χ1n) is 8.93. The molecule has 2 heterocycles. The van der Waals surface area contributed by atoms with E-state index < -0.39 is 0 Å². The van der Waals surface area contributed by atoms with Gasteiger partial charge in [-0.3, -0.25) is 4.90 Å². The molecule has 2 aromatic rings. The Morgan fingerprint density at radius 2 is 1.92 bits per heavy atom. The van der Waals surface area contributed by atoms with Gasteiger partial charge in [0.1, 0.15) is 5.75 Å². The van der Waals surface area contributed by atoms with Crippen molar-refractivity contribution in [2.24, 2.45) is 0 Å². The van der Waals surface area contributed by atoms with Gasteiger partial charge in [-0.2, -0.15) is 0 Å². The van der Waals surface area contributed by atoms with Crippen LogP contribution in [-0.2, 0) is 0 Å². The van der Waals surface area contributed by atoms with E-state index >= 15 is 0 Å². The summed E-state index contributed by atoms with van der Waals surface area (Å²) in [6, 6.07) is 6.83. The van der Waals surface area contributed by atoms with Crippen molar-refractivity contribution in [3.8, 4) is 5.75 Å². The summed E-state index contributed by atoms with van der Waals surface area (Å²) >= 11 is 0. The predicted octanol–water partition coefficient (Wildman–Crippen LogP) is 4.55. The number of hydrogen-bond acceptors (Lipinski definition) is 3. The topological polar surface area (TPSA) is 40.3 Å². The van der Waals surface area contributed by atoms with Crippen molar-refractivity contribution in [1.29, 1.82) is 0 Å². The molecule has 0 spiro atoms. The third-order valence-corrected chi connectivity index (χ3v) is 4.95. The second-order valence-corrected chi connectivity index (χ2v) is 6.45. The number of benzene rings is 1. The largest absolute Gasteiger partial charge is 0.497 e. The first kappa shape index (κ1) is 22.1. The molecule has 0 saturated carbocycles. The normalized spacial score (nSPS) is 16.1. The van der Waals surface area contributed by atoms with Crippen molar-refractivity contribution < 1.29 is 4.74 Å². The molecule has 0 unspecified atom stereocenters. The average molecular weight is 388 g/mol. The maximum Gasteiger partial charge on any atom is 0.119 e. The predicted molar refractivity (Wildman–Crippen MR) is 111 cm³/mol. The fourth-order valence-corrected chi connectivity index (χ4v) is 3.64. The smallest absolute Gasteiger partial charge is 0.119 e. The van der Waals surface area contributed by atoms with Crippen LogP contribution in [0, 0.1) is 0 Å². The first-order valence-corrected chi connectivity index (χ1v) is 8.93. The second kappa shape index (κ2) is 10.9. The quantitative estimate of drug-likeness (QED) is 0.684. The fourth-order valence-electron chi connectivity index (χ4n) is 3.64. The van der Waals surface area contributed by atoms with Crippen molar-refractivity contribution in [2.45, 2.75) is 38.6 Å². The van der Waals surface area contributed by atoms with Crippen molar-refractivity contribution in [1.82, 2.24) is 15.2 Å². The van der Waals surface area contributed by atoms with Crippen molar-refractivity contribution >= 4 is 35.7 Å². The Balaban J connectivity index is 0.00000156. The van der Waals surface area contributed by atoms with Crippen LogP contribution in [0.15, 0.2) is 24.4 Å². The number of ether oxygens (including phenoxy) is 1. The molecule has 6 heteroatoms. The number of nitrogens with one attached hydrogen (secondary N) is 2. The SMILES string of the molecule is CCCCC[C@@H](c1c[nH]c2ccc(OC)cc12)N1CCNCC1.Cl.Cl. The minimum absolute atomic E-state index is 0. The highest BCUT2D eigenvalue weighted by atomic mass is 35.5. The third kappa shape index (κ3) is 5.27. The van der Waals surface area contributed by atoms with Crippen LogP contribution < -0.4 is 10.1 Å². The van der Waals surface area contributed by atoms with Gasteiger partial charge < -0.3 is 15.0 Å². The number of aromatic nitrogens is 1. The number of aromatic amines is 1. The lowest BCUT2D eigenvalue weighted by Crippen LogP contribution is -2.45. The Hall–Kier alpha value is -0.940. The van der Waals surface area contributed by atoms with E-state index in [1.807, 2.05) is 6.07 Å². The van der Waals surface area contributed by atoms with Gasteiger partial charge in [-0.05, 0) is 30.2 Å². The number of hydrogen-bond donors (Lipinski definition) is 2. The number of rotatable bonds is 7. The van der Waals surface area contributed by atoms with Crippen molar-refractivity contribution in [3.05, 3.63) is 30.0 Å². The van der Waals surface area contributed by atoms with E-state index in [9.17, 15) is 0 Å². The zero-order valence-corrected chi connectivity index (χ0v) is 16.8. The van der Waals surface area contributed by atoms with E-state index in [0.717, 1.165) is 31.9 Å². The lowest BCUT2D eigenvalue weighted by Gasteiger charge is -2.35. The summed E-state index contributed by atoms with van der Waals surface area (Å²) in [5.74, 6) is 0.936. The molecule has 3 rings (SSSR count). The maximum atomic E-state index is 5.43. The molecule has 1 aliphatic rings. The molecule has 1 aromatic heterocycles. The molecule has 2 N–H and O–H groups in total. The molecule has 1 aromatic carbocycles. The van der Waals surface area contributed by atoms with Crippen LogP contribution in [0.5, 0.6) is 5.75 Å². The molecular weight excluding hydrogens is 357 g/mol. The highest BCUT2D eigenvalue weighted by Gasteiger charge is 2.24. The third-order valence-electron chi connectivity index (χ3n) is 4.95. The van der Waals surface area contributed by atoms with Crippen LogP contribution in [0.1, 0.15) is 44.2 Å². The maximum absolute atomic E-state index is 5.43. The minimum Gasteiger partial charge on any atom is -0.497 e. The summed E-state index contributed by atoms with van der Waals surface area (Å²) < 4.78 is 5.43. The van der Waals surface area contributed by atoms with E-state index in [2.05, 4.69) is 40.5 Å². The van der Waals surface area contributed by atoms with Crippen LogP contribution in [0.4, 0.5) is 0 Å². The van der Waals surface area contributed by atoms with Gasteiger partial charge in [0.15, 0.2) is 0 Å². The molecule has 142 valence electrons. The second-order valence-electron chi connectivity index (χ2n) is 6.45. The van der Waals surface area contributed by atoms with Gasteiger partial charge >= 0.3 is 0 Å². The number of nitrogens with zero attached hydrogens (tertiary/aromatic N) is 1. The summed E-state index contributed by atoms with van der Waals surface area (Å²) in [6.45, 7) is 6.73. The summed E-state index contributed by atoms with van der Waals surface area (Å²) in [4.78, 5) is 6.10. The van der Waals surface area contributed by atoms with E-state index in [1.54, 1.807) is 7.11 Å². The zero-order valence-electron chi connectivity index (χ0n) is 15.2. The number of halogens is 2. The average Bonchev–Trinajstić information content (AvgIpc) is 3.02. The molecule has 0 aliphatic carbocycles. The Kier molecular flexibility index (Phi) is 9.65. The Morgan fingerprint density at radius 1 is 1.16 bits per heavy atom. The fraction of sp³-hybridized carbons (Fsp3) is 0.579. The number of unbranched alkanes of at least 4 members (excludes halogenated alkanes) is 2. The molecule has 1 aliphatic heterocycles. The molecule has 0 amide bonds. The molecule has 25 heavy (non-hydrogen) atoms. The van der Waals surface area contributed by atoms with Crippen LogP contribution in [0.3, 0.4) is 0 Å². The lowest BCUT2D eigenvalue weighted by atomic mass is 9.97. The van der Waals surface area contributed by atoms with Gasteiger partial charge in [0, 0.05) is 49.3 Å². The summed E-state index contributed by atoms with van der Waals surface area (Å²) in [6.07, 6.45) is 7.33. The van der Waals surface area contributed by atoms with E-state index in [4.69, 9.17) is 4.74 Å². The molecule has 1 atom stereocenters. The van der Waals surface area contributed by atoms with E-state index in [-0.39, 0.29) is 24.8 Å². The standard InChI is InChI=1S/C19H29N3O.2ClH/c1-3-4-5-6-19(22-11-9-20-10-12-22)17-14-21-18-8-7-15(23-2)13-16(17)18;;/h7-8,13-14,19-21H,3-6,9-12H2,1-2H3;2*1H/t19-;;/m0../s1. The molecular formula is C19H31Cl2N3O. The van der Waals surface area contributed by atoms with Gasteiger partial charge in [0.05, 0.1) is 7.11 Å². The van der Waals surface area contributed by atoms with Crippen LogP contribution in [-0.4, -0.2) is 43.2 Å². The number of piperazine rings is 1. The van der Waals surface area contributed by atoms with E-state index in [0.29, 0.717) is 6.04 Å². The van der Waals surface area contributed by atoms with Gasteiger partial charge in [-0.1, -0.05) is 26.2 Å². The lowest BCUT2D eigenvalue weighted by molar-refractivity contribution is 0.163. The zero-order chi connectivity index (χ0) is 16.1. The number of fused-ring (bicyclic) bond motifs is 1. The van der Waals surface area contributed by atoms with Crippen LogP contribution >= 0.6 is 24.8 Å². The first-order chi connectivity index (χ1) is 11.3. The monoisotopic (exact) mass is 387 g/mol. The van der Waals surface area contributed by atoms with Gasteiger partial charge in [-0.15, -0.1) is 24.8 Å². The summed E-state index contributed by atoms with van der Waals surface area (Å²) in [5.41, 5.74) is 2.63. The highest BCUT2D eigenvalue weighted by molar-refractivity contribution is 5.86. The highest BCUT2D eigenvalue weighted by Crippen LogP contribution is 2.34. The Morgan fingerprint density at radius 3 is 2.60 bits per heavy atom. The molecule has 1 saturated heterocycles. The van der Waals surface area contributed by atoms with Gasteiger partial charge in [-0.25, -0.2) is 0 Å². The van der Waals surface area contributed by atoms with Gasteiger partial charge in [0.2, 0.25) is 0 Å². The minimum atomic E-state index is 0. The summed E-state index contributed by atoms with van der Waals surface area (Å²) in [5, 5.41) is 4.78. The van der Waals surface area contributed by atoms with Crippen molar-refractivity contribution in [3.63, 3.8) is 0 Å². The molecule has 1 fully saturated rings. The number of methoxy groups -OCH3 is 1. The number of H-pyrrole nitrogens is 1. The van der Waals surface area contributed by atoms with E-state index in [1.165, 1.54) is 42.1 Å². The van der Waals surface area contributed by atoms with Gasteiger partial charge in [0.25, 0.3) is 0 Å². The van der Waals surface area contributed by atoms with Crippen LogP contribution in [0.25, 0.3) is 10.9 Å². The van der Waals surface area contributed by atoms with Crippen LogP contribution in [0.2, 0.25) is 0 Å². The molecule has 0 bridgehead atoms. The van der Waals surface area contributed by atoms with Crippen molar-refractivity contribution in [2.75, 3.05) is 33.3 Å². The summed E-state index contributed by atoms with van der Waals surface area (Å²) in [7, 11) is 1.74. The molecule has 4 nitrogen and oxygen atoms in total. The molecule has 0 radical (unpaired) electrons.